The summed E-state index contributed by atoms with van der Waals surface area (Å²) in [6, 6.07) is 0. The van der Waals surface area contributed by atoms with Gasteiger partial charge in [-0.3, -0.25) is 0 Å². The number of nitrogens with zero attached hydrogens (tertiary/aromatic N) is 1. The molecule has 0 radical (unpaired) electrons. The molecule has 0 unspecified atom stereocenters. The Bertz CT molecular complexity index is 142. The predicted molar refractivity (Wildman–Crippen MR) is 33.4 cm³/mol. The van der Waals surface area contributed by atoms with Crippen LogP contribution in [0.15, 0.2) is 12.2 Å². The molecule has 0 saturated carbocycles. The van der Waals surface area contributed by atoms with E-state index in [1.165, 1.54) is 0 Å². The molecule has 1 aliphatic carbocycles. The lowest BCUT2D eigenvalue weighted by Gasteiger charge is -2.05. The van der Waals surface area contributed by atoms with Gasteiger partial charge in [-0.1, -0.05) is 12.2 Å². The lowest BCUT2D eigenvalue weighted by Crippen LogP contribution is -2.12. The molecular formula is C7H9N. The quantitative estimate of drug-likeness (QED) is 0.329. The van der Waals surface area contributed by atoms with Crippen molar-refractivity contribution in [1.29, 1.82) is 0 Å². The van der Waals surface area contributed by atoms with Crippen molar-refractivity contribution in [1.82, 2.24) is 0 Å². The van der Waals surface area contributed by atoms with Gasteiger partial charge in [-0.05, 0) is 0 Å². The van der Waals surface area contributed by atoms with Gasteiger partial charge in [0.05, 0.1) is 0 Å². The first-order valence-electron chi connectivity index (χ1n) is 2.80. The molecule has 0 heterocycles. The highest BCUT2D eigenvalue weighted by Gasteiger charge is 2.30. The molecule has 1 nitrogen and oxygen atoms in total. The van der Waals surface area contributed by atoms with E-state index in [1.54, 1.807) is 0 Å². The van der Waals surface area contributed by atoms with E-state index in [4.69, 9.17) is 6.57 Å². The average Bonchev–Trinajstić information content (AvgIpc) is 2.17. The van der Waals surface area contributed by atoms with Gasteiger partial charge in [0, 0.05) is 19.8 Å². The van der Waals surface area contributed by atoms with Gasteiger partial charge in [0.1, 0.15) is 0 Å². The first-order chi connectivity index (χ1) is 3.77. The Morgan fingerprint density at radius 1 is 1.50 bits per heavy atom. The van der Waals surface area contributed by atoms with Gasteiger partial charge in [-0.25, -0.2) is 6.57 Å². The van der Waals surface area contributed by atoms with Crippen LogP contribution in [-0.2, 0) is 0 Å². The molecule has 8 heavy (non-hydrogen) atoms. The van der Waals surface area contributed by atoms with Gasteiger partial charge in [-0.15, -0.1) is 0 Å². The summed E-state index contributed by atoms with van der Waals surface area (Å²) in [4.78, 5) is 3.51. The van der Waals surface area contributed by atoms with Gasteiger partial charge in [-0.2, -0.15) is 0 Å². The van der Waals surface area contributed by atoms with Crippen molar-refractivity contribution in [3.63, 3.8) is 0 Å². The molecule has 0 fully saturated rings. The highest BCUT2D eigenvalue weighted by molar-refractivity contribution is 5.11. The molecule has 1 aliphatic rings. The van der Waals surface area contributed by atoms with E-state index in [9.17, 15) is 0 Å². The fraction of sp³-hybridized carbons (Fsp3) is 0.571. The maximum absolute atomic E-state index is 6.78. The SMILES string of the molecule is [C-]#[N+]C1(C)CC=CC1. The Labute approximate surface area is 49.8 Å². The maximum atomic E-state index is 6.78. The summed E-state index contributed by atoms with van der Waals surface area (Å²) in [5, 5.41) is 0. The topological polar surface area (TPSA) is 4.36 Å². The van der Waals surface area contributed by atoms with Crippen LogP contribution in [0.1, 0.15) is 19.8 Å². The Hall–Kier alpha value is -0.770. The molecule has 0 N–H and O–H groups in total. The van der Waals surface area contributed by atoms with Crippen LogP contribution < -0.4 is 0 Å². The smallest absolute Gasteiger partial charge is 0.236 e. The van der Waals surface area contributed by atoms with Crippen molar-refractivity contribution in [3.8, 4) is 0 Å². The summed E-state index contributed by atoms with van der Waals surface area (Å²) in [5.41, 5.74) is -0.0833. The molecule has 0 saturated heterocycles. The zero-order valence-corrected chi connectivity index (χ0v) is 5.02. The summed E-state index contributed by atoms with van der Waals surface area (Å²) in [6.45, 7) is 8.78. The van der Waals surface area contributed by atoms with Crippen molar-refractivity contribution in [3.05, 3.63) is 23.6 Å². The third kappa shape index (κ3) is 0.742. The molecule has 0 aliphatic heterocycles. The molecular weight excluding hydrogens is 98.1 g/mol. The molecule has 0 amide bonds. The minimum absolute atomic E-state index is 0.0833. The minimum atomic E-state index is -0.0833. The van der Waals surface area contributed by atoms with Crippen LogP contribution in [0.25, 0.3) is 4.85 Å². The standard InChI is InChI=1S/C7H9N/c1-7(8-2)5-3-4-6-7/h3-4H,5-6H2,1H3. The minimum Gasteiger partial charge on any atom is -0.310 e. The first kappa shape index (κ1) is 5.37. The van der Waals surface area contributed by atoms with E-state index < -0.39 is 0 Å². The van der Waals surface area contributed by atoms with Crippen LogP contribution in [0, 0.1) is 6.57 Å². The van der Waals surface area contributed by atoms with Crippen molar-refractivity contribution in [2.24, 2.45) is 0 Å². The molecule has 0 spiro atoms. The lowest BCUT2D eigenvalue weighted by atomic mass is 10.0. The highest BCUT2D eigenvalue weighted by Crippen LogP contribution is 2.26. The van der Waals surface area contributed by atoms with Gasteiger partial charge in [0.15, 0.2) is 0 Å². The third-order valence-corrected chi connectivity index (χ3v) is 1.55. The Morgan fingerprint density at radius 2 is 2.00 bits per heavy atom. The van der Waals surface area contributed by atoms with Crippen LogP contribution in [-0.4, -0.2) is 5.54 Å². The molecule has 0 bridgehead atoms. The van der Waals surface area contributed by atoms with E-state index in [2.05, 4.69) is 17.0 Å². The normalized spacial score (nSPS) is 23.0. The van der Waals surface area contributed by atoms with Crippen LogP contribution in [0.5, 0.6) is 0 Å². The number of rotatable bonds is 0. The highest BCUT2D eigenvalue weighted by atomic mass is 14.8. The van der Waals surface area contributed by atoms with Crippen LogP contribution in [0.3, 0.4) is 0 Å². The van der Waals surface area contributed by atoms with Crippen LogP contribution in [0.4, 0.5) is 0 Å². The van der Waals surface area contributed by atoms with E-state index in [0.29, 0.717) is 0 Å². The second-order valence-corrected chi connectivity index (χ2v) is 2.49. The zero-order valence-electron chi connectivity index (χ0n) is 5.02. The Kier molecular flexibility index (Phi) is 1.09. The van der Waals surface area contributed by atoms with Gasteiger partial charge in [0.2, 0.25) is 5.54 Å². The van der Waals surface area contributed by atoms with Gasteiger partial charge < -0.3 is 4.85 Å². The predicted octanol–water partition coefficient (Wildman–Crippen LogP) is 2.01. The fourth-order valence-corrected chi connectivity index (χ4v) is 0.849. The van der Waals surface area contributed by atoms with Crippen molar-refractivity contribution >= 4 is 0 Å². The summed E-state index contributed by atoms with van der Waals surface area (Å²) in [5.74, 6) is 0. The summed E-state index contributed by atoms with van der Waals surface area (Å²) in [7, 11) is 0. The van der Waals surface area contributed by atoms with Gasteiger partial charge >= 0.3 is 0 Å². The summed E-state index contributed by atoms with van der Waals surface area (Å²) >= 11 is 0. The monoisotopic (exact) mass is 107 g/mol. The zero-order chi connectivity index (χ0) is 6.04. The van der Waals surface area contributed by atoms with E-state index in [1.807, 2.05) is 6.92 Å². The van der Waals surface area contributed by atoms with Crippen molar-refractivity contribution in [2.45, 2.75) is 25.3 Å². The van der Waals surface area contributed by atoms with Crippen molar-refractivity contribution in [2.75, 3.05) is 0 Å². The molecule has 0 atom stereocenters. The largest absolute Gasteiger partial charge is 0.310 e. The Balaban J connectivity index is 2.63. The van der Waals surface area contributed by atoms with E-state index in [0.717, 1.165) is 12.8 Å². The average molecular weight is 107 g/mol. The van der Waals surface area contributed by atoms with Crippen molar-refractivity contribution < 1.29 is 0 Å². The molecule has 0 aromatic carbocycles. The lowest BCUT2D eigenvalue weighted by molar-refractivity contribution is 0.600. The molecule has 1 heteroatoms. The molecule has 0 aromatic rings. The third-order valence-electron chi connectivity index (χ3n) is 1.55. The molecule has 1 rings (SSSR count). The number of hydrogen-bond donors (Lipinski definition) is 0. The summed E-state index contributed by atoms with van der Waals surface area (Å²) < 4.78 is 0. The Morgan fingerprint density at radius 3 is 2.25 bits per heavy atom. The number of hydrogen-bond acceptors (Lipinski definition) is 0. The van der Waals surface area contributed by atoms with Crippen LogP contribution >= 0.6 is 0 Å². The molecule has 42 valence electrons. The molecule has 0 aromatic heterocycles. The second kappa shape index (κ2) is 1.63. The fourth-order valence-electron chi connectivity index (χ4n) is 0.849. The second-order valence-electron chi connectivity index (χ2n) is 2.49. The summed E-state index contributed by atoms with van der Waals surface area (Å²) in [6.07, 6.45) is 6.04. The van der Waals surface area contributed by atoms with E-state index >= 15 is 0 Å². The van der Waals surface area contributed by atoms with Gasteiger partial charge in [0.25, 0.3) is 0 Å². The maximum Gasteiger partial charge on any atom is 0.236 e. The first-order valence-corrected chi connectivity index (χ1v) is 2.80. The van der Waals surface area contributed by atoms with E-state index in [-0.39, 0.29) is 5.54 Å². The van der Waals surface area contributed by atoms with Crippen LogP contribution in [0.2, 0.25) is 0 Å².